The zero-order chi connectivity index (χ0) is 24.6. The van der Waals surface area contributed by atoms with Gasteiger partial charge in [-0.3, -0.25) is 9.59 Å². The topological polar surface area (TPSA) is 99.3 Å². The van der Waals surface area contributed by atoms with Gasteiger partial charge in [0.15, 0.2) is 6.61 Å². The number of rotatable bonds is 4. The summed E-state index contributed by atoms with van der Waals surface area (Å²) < 4.78 is 33.7. The van der Waals surface area contributed by atoms with Crippen LogP contribution in [0.15, 0.2) is 47.4 Å². The maximum Gasteiger partial charge on any atom is 0.262 e. The standard InChI is InChI=1S/C24H27ClN4O5S/c25-19-13-20-21(34-16-23(30)26-20)14-22(19)35(32,33)29-8-4-5-17(15-29)24(31)28-11-9-27(10-12-28)18-6-2-1-3-7-18/h1-3,6-7,13-14,17H,4-5,8-12,15-16H2,(H,26,30)/t17-/m0/s1. The lowest BCUT2D eigenvalue weighted by Crippen LogP contribution is -2.53. The van der Waals surface area contributed by atoms with Crippen LogP contribution in [0.2, 0.25) is 5.02 Å². The number of benzene rings is 2. The van der Waals surface area contributed by atoms with Crippen LogP contribution in [-0.4, -0.2) is 75.3 Å². The second kappa shape index (κ2) is 9.67. The second-order valence-corrected chi connectivity index (χ2v) is 11.3. The van der Waals surface area contributed by atoms with Gasteiger partial charge >= 0.3 is 0 Å². The van der Waals surface area contributed by atoms with Crippen molar-refractivity contribution >= 4 is 44.8 Å². The summed E-state index contributed by atoms with van der Waals surface area (Å²) in [5.74, 6) is -0.464. The van der Waals surface area contributed by atoms with Crippen molar-refractivity contribution in [2.24, 2.45) is 5.92 Å². The van der Waals surface area contributed by atoms with Crippen LogP contribution in [-0.2, 0) is 19.6 Å². The van der Waals surface area contributed by atoms with E-state index in [9.17, 15) is 18.0 Å². The van der Waals surface area contributed by atoms with Crippen LogP contribution in [0.1, 0.15) is 12.8 Å². The first-order valence-electron chi connectivity index (χ1n) is 11.7. The van der Waals surface area contributed by atoms with Crippen LogP contribution >= 0.6 is 11.6 Å². The number of piperazine rings is 1. The smallest absolute Gasteiger partial charge is 0.262 e. The maximum atomic E-state index is 13.5. The van der Waals surface area contributed by atoms with Crippen molar-refractivity contribution in [2.45, 2.75) is 17.7 Å². The van der Waals surface area contributed by atoms with E-state index in [1.807, 2.05) is 23.1 Å². The Morgan fingerprint density at radius 1 is 1.06 bits per heavy atom. The van der Waals surface area contributed by atoms with Crippen LogP contribution in [0.5, 0.6) is 5.75 Å². The molecule has 35 heavy (non-hydrogen) atoms. The molecule has 11 heteroatoms. The minimum Gasteiger partial charge on any atom is -0.482 e. The van der Waals surface area contributed by atoms with E-state index in [1.165, 1.54) is 16.4 Å². The molecule has 5 rings (SSSR count). The molecule has 2 aromatic rings. The highest BCUT2D eigenvalue weighted by Crippen LogP contribution is 2.37. The Morgan fingerprint density at radius 2 is 1.80 bits per heavy atom. The number of anilines is 2. The van der Waals surface area contributed by atoms with Gasteiger partial charge < -0.3 is 19.9 Å². The summed E-state index contributed by atoms with van der Waals surface area (Å²) in [5.41, 5.74) is 1.48. The average molecular weight is 519 g/mol. The molecule has 186 valence electrons. The third-order valence-electron chi connectivity index (χ3n) is 6.73. The van der Waals surface area contributed by atoms with Gasteiger partial charge in [-0.15, -0.1) is 0 Å². The quantitative estimate of drug-likeness (QED) is 0.667. The van der Waals surface area contributed by atoms with Crippen LogP contribution in [0.3, 0.4) is 0 Å². The number of hydrogen-bond acceptors (Lipinski definition) is 6. The summed E-state index contributed by atoms with van der Waals surface area (Å²) in [6, 6.07) is 12.8. The summed E-state index contributed by atoms with van der Waals surface area (Å²) in [6.07, 6.45) is 1.24. The molecule has 0 radical (unpaired) electrons. The summed E-state index contributed by atoms with van der Waals surface area (Å²) >= 11 is 6.31. The number of nitrogens with zero attached hydrogens (tertiary/aromatic N) is 3. The molecular weight excluding hydrogens is 492 g/mol. The fourth-order valence-electron chi connectivity index (χ4n) is 4.86. The molecule has 3 aliphatic heterocycles. The molecule has 0 spiro atoms. The first kappa shape index (κ1) is 23.9. The Hall–Kier alpha value is -2.82. The summed E-state index contributed by atoms with van der Waals surface area (Å²) in [7, 11) is -3.95. The van der Waals surface area contributed by atoms with Gasteiger partial charge in [0.2, 0.25) is 15.9 Å². The molecule has 2 fully saturated rings. The molecule has 2 aromatic carbocycles. The number of carbonyl (C=O) groups is 2. The van der Waals surface area contributed by atoms with E-state index in [-0.39, 0.29) is 40.6 Å². The van der Waals surface area contributed by atoms with Crippen molar-refractivity contribution in [1.82, 2.24) is 9.21 Å². The lowest BCUT2D eigenvalue weighted by Gasteiger charge is -2.39. The van der Waals surface area contributed by atoms with E-state index >= 15 is 0 Å². The monoisotopic (exact) mass is 518 g/mol. The van der Waals surface area contributed by atoms with Crippen LogP contribution in [0.4, 0.5) is 11.4 Å². The van der Waals surface area contributed by atoms with Gasteiger partial charge in [-0.2, -0.15) is 4.31 Å². The summed E-state index contributed by atoms with van der Waals surface area (Å²) in [5, 5.41) is 2.62. The zero-order valence-electron chi connectivity index (χ0n) is 19.2. The molecule has 3 heterocycles. The van der Waals surface area contributed by atoms with Gasteiger partial charge in [0.05, 0.1) is 16.6 Å². The number of halogens is 1. The fraction of sp³-hybridized carbons (Fsp3) is 0.417. The molecule has 2 amide bonds. The minimum absolute atomic E-state index is 0.0000314. The van der Waals surface area contributed by atoms with Crippen molar-refractivity contribution in [1.29, 1.82) is 0 Å². The van der Waals surface area contributed by atoms with E-state index in [0.717, 1.165) is 18.8 Å². The molecule has 1 N–H and O–H groups in total. The Balaban J connectivity index is 1.27. The van der Waals surface area contributed by atoms with Crippen molar-refractivity contribution in [3.63, 3.8) is 0 Å². The van der Waals surface area contributed by atoms with E-state index < -0.39 is 15.9 Å². The number of fused-ring (bicyclic) bond motifs is 1. The van der Waals surface area contributed by atoms with Crippen molar-refractivity contribution in [3.05, 3.63) is 47.5 Å². The highest BCUT2D eigenvalue weighted by Gasteiger charge is 2.37. The van der Waals surface area contributed by atoms with Gasteiger partial charge in [-0.05, 0) is 31.0 Å². The molecule has 0 saturated carbocycles. The van der Waals surface area contributed by atoms with Gasteiger partial charge in [0, 0.05) is 51.0 Å². The Bertz CT molecular complexity index is 1230. The predicted octanol–water partition coefficient (Wildman–Crippen LogP) is 2.42. The molecule has 9 nitrogen and oxygen atoms in total. The van der Waals surface area contributed by atoms with Gasteiger partial charge in [-0.1, -0.05) is 29.8 Å². The first-order chi connectivity index (χ1) is 16.8. The summed E-state index contributed by atoms with van der Waals surface area (Å²) in [6.45, 7) is 2.95. The highest BCUT2D eigenvalue weighted by molar-refractivity contribution is 7.89. The zero-order valence-corrected chi connectivity index (χ0v) is 20.7. The molecule has 1 atom stereocenters. The number of piperidine rings is 1. The second-order valence-electron chi connectivity index (χ2n) is 8.97. The largest absolute Gasteiger partial charge is 0.482 e. The van der Waals surface area contributed by atoms with E-state index in [2.05, 4.69) is 22.3 Å². The highest BCUT2D eigenvalue weighted by atomic mass is 35.5. The molecule has 0 aliphatic carbocycles. The number of ether oxygens (including phenoxy) is 1. The van der Waals surface area contributed by atoms with Crippen LogP contribution < -0.4 is 15.0 Å². The van der Waals surface area contributed by atoms with Crippen molar-refractivity contribution in [3.8, 4) is 5.75 Å². The number of hydrogen-bond donors (Lipinski definition) is 1. The first-order valence-corrected chi connectivity index (χ1v) is 13.5. The Labute approximate surface area is 209 Å². The third-order valence-corrected chi connectivity index (χ3v) is 9.06. The SMILES string of the molecule is O=C1COc2cc(S(=O)(=O)N3CCC[C@H](C(=O)N4CCN(c5ccccc5)CC4)C3)c(Cl)cc2N1. The van der Waals surface area contributed by atoms with E-state index in [4.69, 9.17) is 16.3 Å². The van der Waals surface area contributed by atoms with Gasteiger partial charge in [-0.25, -0.2) is 8.42 Å². The third kappa shape index (κ3) is 4.82. The summed E-state index contributed by atoms with van der Waals surface area (Å²) in [4.78, 5) is 28.9. The molecule has 0 unspecified atom stereocenters. The van der Waals surface area contributed by atoms with E-state index in [1.54, 1.807) is 0 Å². The molecule has 3 aliphatic rings. The van der Waals surface area contributed by atoms with Crippen LogP contribution in [0, 0.1) is 5.92 Å². The lowest BCUT2D eigenvalue weighted by atomic mass is 9.97. The molecule has 2 saturated heterocycles. The average Bonchev–Trinajstić information content (AvgIpc) is 2.88. The van der Waals surface area contributed by atoms with Gasteiger partial charge in [0.1, 0.15) is 10.6 Å². The Morgan fingerprint density at radius 3 is 2.54 bits per heavy atom. The fourth-order valence-corrected chi connectivity index (χ4v) is 6.90. The molecule has 0 aromatic heterocycles. The van der Waals surface area contributed by atoms with Gasteiger partial charge in [0.25, 0.3) is 5.91 Å². The maximum absolute atomic E-state index is 13.5. The van der Waals surface area contributed by atoms with Crippen LogP contribution in [0.25, 0.3) is 0 Å². The normalized spacial score (nSPS) is 21.2. The minimum atomic E-state index is -3.95. The molecular formula is C24H27ClN4O5S. The van der Waals surface area contributed by atoms with Crippen molar-refractivity contribution < 1.29 is 22.7 Å². The molecule has 0 bridgehead atoms. The predicted molar refractivity (Wildman–Crippen MR) is 132 cm³/mol. The van der Waals surface area contributed by atoms with E-state index in [0.29, 0.717) is 38.2 Å². The number of nitrogens with one attached hydrogen (secondary N) is 1. The number of para-hydroxylation sites is 1. The number of sulfonamides is 1. The number of amides is 2. The lowest BCUT2D eigenvalue weighted by molar-refractivity contribution is -0.137. The van der Waals surface area contributed by atoms with Crippen molar-refractivity contribution in [2.75, 3.05) is 56.1 Å². The Kier molecular flexibility index (Phi) is 6.61. The number of carbonyl (C=O) groups excluding carboxylic acids is 2.